The highest BCUT2D eigenvalue weighted by Gasteiger charge is 2.22. The van der Waals surface area contributed by atoms with Crippen LogP contribution in [-0.2, 0) is 9.53 Å². The summed E-state index contributed by atoms with van der Waals surface area (Å²) in [6.45, 7) is 1.36. The lowest BCUT2D eigenvalue weighted by atomic mass is 10.2. The molecule has 0 bridgehead atoms. The summed E-state index contributed by atoms with van der Waals surface area (Å²) in [4.78, 5) is 22.3. The van der Waals surface area contributed by atoms with E-state index in [0.29, 0.717) is 0 Å². The maximum atomic E-state index is 11.5. The first-order chi connectivity index (χ1) is 8.51. The van der Waals surface area contributed by atoms with Gasteiger partial charge in [0.1, 0.15) is 5.56 Å². The molecule has 18 heavy (non-hydrogen) atoms. The van der Waals surface area contributed by atoms with E-state index in [9.17, 15) is 9.59 Å². The van der Waals surface area contributed by atoms with E-state index < -0.39 is 18.0 Å². The number of carbonyl (C=O) groups excluding carboxylic acids is 1. The maximum absolute atomic E-state index is 11.5. The molecule has 0 aliphatic heterocycles. The molecule has 0 fully saturated rings. The summed E-state index contributed by atoms with van der Waals surface area (Å²) in [6, 6.07) is 4.62. The summed E-state index contributed by atoms with van der Waals surface area (Å²) in [5.74, 6) is -1.44. The SMILES string of the molecule is COC(=O)c1cccc(OC)c1OC(C)C(=O)O. The van der Waals surface area contributed by atoms with Crippen molar-refractivity contribution in [2.45, 2.75) is 13.0 Å². The third kappa shape index (κ3) is 2.91. The molecule has 0 saturated heterocycles. The smallest absolute Gasteiger partial charge is 0.344 e. The van der Waals surface area contributed by atoms with Gasteiger partial charge in [0.05, 0.1) is 14.2 Å². The van der Waals surface area contributed by atoms with E-state index in [2.05, 4.69) is 4.74 Å². The predicted octanol–water partition coefficient (Wildman–Crippen LogP) is 1.33. The Morgan fingerprint density at radius 1 is 1.28 bits per heavy atom. The topological polar surface area (TPSA) is 82.1 Å². The van der Waals surface area contributed by atoms with Crippen LogP contribution in [0.15, 0.2) is 18.2 Å². The highest BCUT2D eigenvalue weighted by Crippen LogP contribution is 2.32. The van der Waals surface area contributed by atoms with Crippen molar-refractivity contribution in [2.24, 2.45) is 0 Å². The van der Waals surface area contributed by atoms with E-state index in [1.807, 2.05) is 0 Å². The Hall–Kier alpha value is -2.24. The molecular formula is C12H14O6. The number of hydrogen-bond acceptors (Lipinski definition) is 5. The summed E-state index contributed by atoms with van der Waals surface area (Å²) in [6.07, 6.45) is -1.11. The molecule has 1 rings (SSSR count). The van der Waals surface area contributed by atoms with Crippen molar-refractivity contribution in [3.8, 4) is 11.5 Å². The number of ether oxygens (including phenoxy) is 3. The first kappa shape index (κ1) is 13.8. The number of para-hydroxylation sites is 1. The molecule has 0 radical (unpaired) electrons. The first-order valence-electron chi connectivity index (χ1n) is 5.16. The lowest BCUT2D eigenvalue weighted by Crippen LogP contribution is -2.24. The number of rotatable bonds is 5. The number of methoxy groups -OCH3 is 2. The minimum absolute atomic E-state index is 0.0572. The van der Waals surface area contributed by atoms with E-state index in [1.54, 1.807) is 12.1 Å². The molecular weight excluding hydrogens is 240 g/mol. The molecule has 1 aromatic rings. The molecule has 0 aliphatic carbocycles. The number of hydrogen-bond donors (Lipinski definition) is 1. The molecule has 0 aromatic heterocycles. The predicted molar refractivity (Wildman–Crippen MR) is 62.1 cm³/mol. The number of benzene rings is 1. The second kappa shape index (κ2) is 5.90. The lowest BCUT2D eigenvalue weighted by molar-refractivity contribution is -0.144. The van der Waals surface area contributed by atoms with Crippen LogP contribution in [0.2, 0.25) is 0 Å². The molecule has 0 spiro atoms. The second-order valence-corrected chi connectivity index (χ2v) is 3.43. The van der Waals surface area contributed by atoms with E-state index in [-0.39, 0.29) is 17.1 Å². The quantitative estimate of drug-likeness (QED) is 0.798. The Labute approximate surface area is 104 Å². The van der Waals surface area contributed by atoms with E-state index in [4.69, 9.17) is 14.6 Å². The van der Waals surface area contributed by atoms with Gasteiger partial charge in [0.2, 0.25) is 0 Å². The molecule has 0 saturated carbocycles. The van der Waals surface area contributed by atoms with Gasteiger partial charge in [0.25, 0.3) is 0 Å². The Balaban J connectivity index is 3.19. The molecule has 1 atom stereocenters. The van der Waals surface area contributed by atoms with E-state index >= 15 is 0 Å². The largest absolute Gasteiger partial charge is 0.493 e. The number of carboxylic acid groups (broad SMARTS) is 1. The minimum Gasteiger partial charge on any atom is -0.493 e. The van der Waals surface area contributed by atoms with Crippen LogP contribution in [-0.4, -0.2) is 37.4 Å². The van der Waals surface area contributed by atoms with Crippen LogP contribution in [0.4, 0.5) is 0 Å². The van der Waals surface area contributed by atoms with Gasteiger partial charge in [0, 0.05) is 0 Å². The van der Waals surface area contributed by atoms with Crippen LogP contribution in [0.3, 0.4) is 0 Å². The van der Waals surface area contributed by atoms with Gasteiger partial charge in [0.15, 0.2) is 17.6 Å². The summed E-state index contributed by atoms with van der Waals surface area (Å²) in [5.41, 5.74) is 0.116. The third-order valence-electron chi connectivity index (χ3n) is 2.25. The van der Waals surface area contributed by atoms with Crippen molar-refractivity contribution in [3.63, 3.8) is 0 Å². The molecule has 0 aliphatic rings. The van der Waals surface area contributed by atoms with Crippen molar-refractivity contribution < 1.29 is 28.9 Å². The van der Waals surface area contributed by atoms with Gasteiger partial charge < -0.3 is 19.3 Å². The van der Waals surface area contributed by atoms with Crippen molar-refractivity contribution in [1.82, 2.24) is 0 Å². The number of esters is 1. The fourth-order valence-corrected chi connectivity index (χ4v) is 1.30. The molecule has 98 valence electrons. The lowest BCUT2D eigenvalue weighted by Gasteiger charge is -2.16. The molecule has 1 N–H and O–H groups in total. The molecule has 0 amide bonds. The van der Waals surface area contributed by atoms with Crippen LogP contribution < -0.4 is 9.47 Å². The summed E-state index contributed by atoms with van der Waals surface area (Å²) in [5, 5.41) is 8.81. The monoisotopic (exact) mass is 254 g/mol. The van der Waals surface area contributed by atoms with Crippen LogP contribution >= 0.6 is 0 Å². The Morgan fingerprint density at radius 2 is 1.94 bits per heavy atom. The normalized spacial score (nSPS) is 11.5. The summed E-state index contributed by atoms with van der Waals surface area (Å²) in [7, 11) is 2.63. The number of carboxylic acids is 1. The van der Waals surface area contributed by atoms with Crippen LogP contribution in [0.5, 0.6) is 11.5 Å². The van der Waals surface area contributed by atoms with Crippen molar-refractivity contribution in [1.29, 1.82) is 0 Å². The highest BCUT2D eigenvalue weighted by molar-refractivity contribution is 5.93. The average molecular weight is 254 g/mol. The van der Waals surface area contributed by atoms with Gasteiger partial charge in [-0.05, 0) is 19.1 Å². The van der Waals surface area contributed by atoms with Crippen LogP contribution in [0.1, 0.15) is 17.3 Å². The summed E-state index contributed by atoms with van der Waals surface area (Å²) < 4.78 is 14.9. The first-order valence-corrected chi connectivity index (χ1v) is 5.16. The Kier molecular flexibility index (Phi) is 4.53. The van der Waals surface area contributed by atoms with Crippen molar-refractivity contribution in [3.05, 3.63) is 23.8 Å². The van der Waals surface area contributed by atoms with Crippen molar-refractivity contribution >= 4 is 11.9 Å². The van der Waals surface area contributed by atoms with Gasteiger partial charge >= 0.3 is 11.9 Å². The van der Waals surface area contributed by atoms with Gasteiger partial charge in [-0.15, -0.1) is 0 Å². The zero-order chi connectivity index (χ0) is 13.7. The average Bonchev–Trinajstić information content (AvgIpc) is 2.37. The van der Waals surface area contributed by atoms with Crippen LogP contribution in [0.25, 0.3) is 0 Å². The highest BCUT2D eigenvalue weighted by atomic mass is 16.5. The van der Waals surface area contributed by atoms with Gasteiger partial charge in [-0.3, -0.25) is 0 Å². The zero-order valence-corrected chi connectivity index (χ0v) is 10.3. The summed E-state index contributed by atoms with van der Waals surface area (Å²) >= 11 is 0. The molecule has 0 heterocycles. The van der Waals surface area contributed by atoms with E-state index in [0.717, 1.165) is 0 Å². The Morgan fingerprint density at radius 3 is 2.44 bits per heavy atom. The standard InChI is InChI=1S/C12H14O6/c1-7(11(13)14)18-10-8(12(15)17-3)5-4-6-9(10)16-2/h4-7H,1-3H3,(H,13,14). The Bertz CT molecular complexity index is 454. The second-order valence-electron chi connectivity index (χ2n) is 3.43. The molecule has 1 unspecified atom stereocenters. The maximum Gasteiger partial charge on any atom is 0.344 e. The molecule has 6 heteroatoms. The van der Waals surface area contributed by atoms with Gasteiger partial charge in [-0.25, -0.2) is 9.59 Å². The fraction of sp³-hybridized carbons (Fsp3) is 0.333. The zero-order valence-electron chi connectivity index (χ0n) is 10.3. The van der Waals surface area contributed by atoms with Crippen molar-refractivity contribution in [2.75, 3.05) is 14.2 Å². The van der Waals surface area contributed by atoms with Gasteiger partial charge in [-0.1, -0.05) is 6.07 Å². The minimum atomic E-state index is -1.14. The van der Waals surface area contributed by atoms with E-state index in [1.165, 1.54) is 27.2 Å². The van der Waals surface area contributed by atoms with Gasteiger partial charge in [-0.2, -0.15) is 0 Å². The molecule has 6 nitrogen and oxygen atoms in total. The fourth-order valence-electron chi connectivity index (χ4n) is 1.30. The number of carbonyl (C=O) groups is 2. The third-order valence-corrected chi connectivity index (χ3v) is 2.25. The molecule has 1 aromatic carbocycles. The van der Waals surface area contributed by atoms with Crippen LogP contribution in [0, 0.1) is 0 Å². The number of aliphatic carboxylic acids is 1.